The van der Waals surface area contributed by atoms with Crippen molar-refractivity contribution in [3.63, 3.8) is 0 Å². The smallest absolute Gasteiger partial charge is 0.338 e. The number of benzene rings is 2. The summed E-state index contributed by atoms with van der Waals surface area (Å²) >= 11 is 0. The van der Waals surface area contributed by atoms with Crippen LogP contribution in [0.2, 0.25) is 0 Å². The Kier molecular flexibility index (Phi) is 4.38. The largest absolute Gasteiger partial charge is 0.455 e. The van der Waals surface area contributed by atoms with Gasteiger partial charge in [0, 0.05) is 0 Å². The third-order valence-corrected chi connectivity index (χ3v) is 3.47. The minimum Gasteiger partial charge on any atom is -0.455 e. The Morgan fingerprint density at radius 3 is 2.33 bits per heavy atom. The first kappa shape index (κ1) is 15.5. The molecule has 3 rings (SSSR count). The molecule has 0 aliphatic rings. The van der Waals surface area contributed by atoms with Gasteiger partial charge in [0.25, 0.3) is 5.56 Å². The van der Waals surface area contributed by atoms with Crippen LogP contribution >= 0.6 is 0 Å². The van der Waals surface area contributed by atoms with Gasteiger partial charge in [0.1, 0.15) is 24.3 Å². The summed E-state index contributed by atoms with van der Waals surface area (Å²) in [6.07, 6.45) is 1.37. The van der Waals surface area contributed by atoms with Crippen LogP contribution in [-0.4, -0.2) is 15.5 Å². The summed E-state index contributed by atoms with van der Waals surface area (Å²) in [6.45, 7) is -0.162. The van der Waals surface area contributed by atoms with Crippen molar-refractivity contribution in [3.05, 3.63) is 88.6 Å². The number of rotatable bonds is 4. The predicted octanol–water partition coefficient (Wildman–Crippen LogP) is 2.17. The molecule has 0 bridgehead atoms. The van der Waals surface area contributed by atoms with Crippen molar-refractivity contribution >= 4 is 11.7 Å². The third kappa shape index (κ3) is 3.17. The average molecular weight is 321 g/mol. The molecule has 0 aliphatic heterocycles. The molecule has 0 aliphatic carbocycles. The molecule has 1 heterocycles. The Morgan fingerprint density at radius 2 is 1.67 bits per heavy atom. The summed E-state index contributed by atoms with van der Waals surface area (Å²) in [5.74, 6) is -0.496. The zero-order valence-corrected chi connectivity index (χ0v) is 12.8. The van der Waals surface area contributed by atoms with Crippen molar-refractivity contribution in [2.75, 3.05) is 5.73 Å². The lowest BCUT2D eigenvalue weighted by molar-refractivity contribution is 0.0468. The molecule has 2 aromatic carbocycles. The quantitative estimate of drug-likeness (QED) is 0.744. The molecule has 0 saturated carbocycles. The van der Waals surface area contributed by atoms with Crippen LogP contribution in [0.1, 0.15) is 16.1 Å². The monoisotopic (exact) mass is 321 g/mol. The first-order chi connectivity index (χ1) is 11.7. The number of ether oxygens (including phenoxy) is 1. The van der Waals surface area contributed by atoms with Crippen LogP contribution < -0.4 is 11.3 Å². The second-order valence-electron chi connectivity index (χ2n) is 5.06. The minimum atomic E-state index is -0.496. The van der Waals surface area contributed by atoms with Gasteiger partial charge in [-0.25, -0.2) is 9.78 Å². The molecule has 0 atom stereocenters. The first-order valence-electron chi connectivity index (χ1n) is 7.30. The highest BCUT2D eigenvalue weighted by Gasteiger charge is 2.12. The number of carbonyl (C=O) groups is 1. The second-order valence-corrected chi connectivity index (χ2v) is 5.06. The second kappa shape index (κ2) is 6.78. The number of nitrogens with zero attached hydrogens (tertiary/aromatic N) is 2. The first-order valence-corrected chi connectivity index (χ1v) is 7.30. The van der Waals surface area contributed by atoms with Crippen molar-refractivity contribution in [1.29, 1.82) is 0 Å². The molecule has 6 nitrogen and oxygen atoms in total. The Morgan fingerprint density at radius 1 is 1.04 bits per heavy atom. The van der Waals surface area contributed by atoms with Crippen LogP contribution in [0.4, 0.5) is 5.69 Å². The van der Waals surface area contributed by atoms with E-state index in [1.807, 2.05) is 18.2 Å². The SMILES string of the molecule is Nc1c(COC(=O)c2ccccc2)ncn(-c2ccccc2)c1=O. The Balaban J connectivity index is 1.79. The van der Waals surface area contributed by atoms with E-state index in [2.05, 4.69) is 4.98 Å². The van der Waals surface area contributed by atoms with E-state index in [0.717, 1.165) is 0 Å². The van der Waals surface area contributed by atoms with Crippen molar-refractivity contribution < 1.29 is 9.53 Å². The molecule has 3 aromatic rings. The summed E-state index contributed by atoms with van der Waals surface area (Å²) in [6, 6.07) is 17.6. The van der Waals surface area contributed by atoms with Crippen LogP contribution in [0.25, 0.3) is 5.69 Å². The Hall–Kier alpha value is -3.41. The number of hydrogen-bond acceptors (Lipinski definition) is 5. The third-order valence-electron chi connectivity index (χ3n) is 3.47. The lowest BCUT2D eigenvalue weighted by atomic mass is 10.2. The molecule has 0 unspecified atom stereocenters. The van der Waals surface area contributed by atoms with Crippen molar-refractivity contribution in [1.82, 2.24) is 9.55 Å². The maximum absolute atomic E-state index is 12.4. The molecule has 0 amide bonds. The highest BCUT2D eigenvalue weighted by atomic mass is 16.5. The normalized spacial score (nSPS) is 10.3. The molecule has 2 N–H and O–H groups in total. The predicted molar refractivity (Wildman–Crippen MR) is 89.8 cm³/mol. The van der Waals surface area contributed by atoms with E-state index in [9.17, 15) is 9.59 Å². The van der Waals surface area contributed by atoms with Crippen molar-refractivity contribution in [2.24, 2.45) is 0 Å². The fourth-order valence-electron chi connectivity index (χ4n) is 2.18. The number of esters is 1. The van der Waals surface area contributed by atoms with Crippen LogP contribution in [-0.2, 0) is 11.3 Å². The number of carbonyl (C=O) groups excluding carboxylic acids is 1. The van der Waals surface area contributed by atoms with Crippen molar-refractivity contribution in [2.45, 2.75) is 6.61 Å². The number of nitrogens with two attached hydrogens (primary N) is 1. The zero-order valence-electron chi connectivity index (χ0n) is 12.8. The maximum atomic E-state index is 12.4. The maximum Gasteiger partial charge on any atom is 0.338 e. The van der Waals surface area contributed by atoms with E-state index in [1.54, 1.807) is 42.5 Å². The highest BCUT2D eigenvalue weighted by Crippen LogP contribution is 2.10. The van der Waals surface area contributed by atoms with Gasteiger partial charge in [-0.3, -0.25) is 9.36 Å². The van der Waals surface area contributed by atoms with E-state index in [-0.39, 0.29) is 18.0 Å². The van der Waals surface area contributed by atoms with Crippen LogP contribution in [0.3, 0.4) is 0 Å². The molecule has 0 saturated heterocycles. The standard InChI is InChI=1S/C18H15N3O3/c19-16-15(11-24-18(23)13-7-3-1-4-8-13)20-12-21(17(16)22)14-9-5-2-6-10-14/h1-10,12H,11,19H2. The van der Waals surface area contributed by atoms with E-state index in [4.69, 9.17) is 10.5 Å². The Bertz CT molecular complexity index is 906. The van der Waals surface area contributed by atoms with Gasteiger partial charge in [0.15, 0.2) is 0 Å². The van der Waals surface area contributed by atoms with Gasteiger partial charge in [-0.15, -0.1) is 0 Å². The molecule has 0 radical (unpaired) electrons. The molecule has 24 heavy (non-hydrogen) atoms. The van der Waals surface area contributed by atoms with Gasteiger partial charge in [0.05, 0.1) is 11.3 Å². The zero-order chi connectivity index (χ0) is 16.9. The van der Waals surface area contributed by atoms with Gasteiger partial charge >= 0.3 is 5.97 Å². The van der Waals surface area contributed by atoms with Crippen LogP contribution in [0.5, 0.6) is 0 Å². The summed E-state index contributed by atoms with van der Waals surface area (Å²) in [5.41, 5.74) is 6.74. The number of anilines is 1. The lowest BCUT2D eigenvalue weighted by Gasteiger charge is -2.10. The molecular formula is C18H15N3O3. The number of hydrogen-bond donors (Lipinski definition) is 1. The highest BCUT2D eigenvalue weighted by molar-refractivity contribution is 5.89. The van der Waals surface area contributed by atoms with Crippen LogP contribution in [0.15, 0.2) is 71.8 Å². The van der Waals surface area contributed by atoms with E-state index in [1.165, 1.54) is 10.9 Å². The summed E-state index contributed by atoms with van der Waals surface area (Å²) in [5, 5.41) is 0. The lowest BCUT2D eigenvalue weighted by Crippen LogP contribution is -2.24. The number of para-hydroxylation sites is 1. The summed E-state index contributed by atoms with van der Waals surface area (Å²) in [4.78, 5) is 28.4. The minimum absolute atomic E-state index is 0.0396. The van der Waals surface area contributed by atoms with Crippen LogP contribution in [0, 0.1) is 0 Å². The molecule has 1 aromatic heterocycles. The molecule has 0 spiro atoms. The van der Waals surface area contributed by atoms with Gasteiger partial charge in [-0.1, -0.05) is 36.4 Å². The molecular weight excluding hydrogens is 306 g/mol. The summed E-state index contributed by atoms with van der Waals surface area (Å²) < 4.78 is 6.51. The topological polar surface area (TPSA) is 87.2 Å². The van der Waals surface area contributed by atoms with Gasteiger partial charge in [-0.05, 0) is 24.3 Å². The van der Waals surface area contributed by atoms with E-state index in [0.29, 0.717) is 11.3 Å². The fourth-order valence-corrected chi connectivity index (χ4v) is 2.18. The van der Waals surface area contributed by atoms with Gasteiger partial charge < -0.3 is 10.5 Å². The molecule has 0 fully saturated rings. The fraction of sp³-hybridized carbons (Fsp3) is 0.0556. The van der Waals surface area contributed by atoms with E-state index < -0.39 is 11.5 Å². The van der Waals surface area contributed by atoms with Gasteiger partial charge in [-0.2, -0.15) is 0 Å². The Labute approximate surface area is 138 Å². The molecule has 120 valence electrons. The summed E-state index contributed by atoms with van der Waals surface area (Å²) in [7, 11) is 0. The van der Waals surface area contributed by atoms with E-state index >= 15 is 0 Å². The molecule has 6 heteroatoms. The number of aromatic nitrogens is 2. The average Bonchev–Trinajstić information content (AvgIpc) is 2.64. The number of nitrogen functional groups attached to an aromatic ring is 1. The van der Waals surface area contributed by atoms with Gasteiger partial charge in [0.2, 0.25) is 0 Å². The van der Waals surface area contributed by atoms with Crippen molar-refractivity contribution in [3.8, 4) is 5.69 Å².